The van der Waals surface area contributed by atoms with E-state index in [4.69, 9.17) is 11.5 Å². The molecule has 0 fully saturated rings. The predicted molar refractivity (Wildman–Crippen MR) is 52.5 cm³/mol. The summed E-state index contributed by atoms with van der Waals surface area (Å²) in [5.74, 6) is 1.04. The Morgan fingerprint density at radius 1 is 1.50 bits per heavy atom. The number of carboxylic acids is 1. The van der Waals surface area contributed by atoms with Crippen molar-refractivity contribution in [3.8, 4) is 12.3 Å². The highest BCUT2D eigenvalue weighted by molar-refractivity contribution is 5.83. The van der Waals surface area contributed by atoms with Crippen molar-refractivity contribution in [1.82, 2.24) is 5.32 Å². The molecule has 1 atom stereocenters. The number of rotatable bonds is 5. The third kappa shape index (κ3) is 5.20. The Balaban J connectivity index is 4.11. The lowest BCUT2D eigenvalue weighted by Gasteiger charge is -2.12. The van der Waals surface area contributed by atoms with Crippen LogP contribution in [-0.4, -0.2) is 23.0 Å². The van der Waals surface area contributed by atoms with Gasteiger partial charge in [0.1, 0.15) is 6.04 Å². The lowest BCUT2D eigenvalue weighted by Crippen LogP contribution is -2.40. The number of hydrogen-bond acceptors (Lipinski definition) is 2. The van der Waals surface area contributed by atoms with E-state index in [-0.39, 0.29) is 18.2 Å². The highest BCUT2D eigenvalue weighted by atomic mass is 16.4. The first-order valence-electron chi connectivity index (χ1n) is 4.43. The fraction of sp³-hybridized carbons (Fsp3) is 0.600. The van der Waals surface area contributed by atoms with Gasteiger partial charge in [-0.2, -0.15) is 0 Å². The van der Waals surface area contributed by atoms with Gasteiger partial charge in [0.05, 0.1) is 0 Å². The van der Waals surface area contributed by atoms with Crippen molar-refractivity contribution in [1.29, 1.82) is 0 Å². The largest absolute Gasteiger partial charge is 0.480 e. The Kier molecular flexibility index (Phi) is 5.38. The molecule has 0 spiro atoms. The summed E-state index contributed by atoms with van der Waals surface area (Å²) in [6.07, 6.45) is 5.31. The van der Waals surface area contributed by atoms with Crippen LogP contribution in [0.1, 0.15) is 26.7 Å². The first-order chi connectivity index (χ1) is 6.47. The molecule has 2 N–H and O–H groups in total. The number of carboxylic acid groups (broad SMARTS) is 1. The minimum Gasteiger partial charge on any atom is -0.480 e. The molecule has 0 aromatic rings. The number of hydrogen-bond donors (Lipinski definition) is 2. The summed E-state index contributed by atoms with van der Waals surface area (Å²) < 4.78 is 0. The molecule has 0 aliphatic carbocycles. The first kappa shape index (κ1) is 12.5. The van der Waals surface area contributed by atoms with E-state index < -0.39 is 12.0 Å². The van der Waals surface area contributed by atoms with E-state index in [0.29, 0.717) is 6.42 Å². The van der Waals surface area contributed by atoms with Gasteiger partial charge in [-0.15, -0.1) is 12.3 Å². The first-order valence-corrected chi connectivity index (χ1v) is 4.43. The molecule has 0 aromatic carbocycles. The van der Waals surface area contributed by atoms with Crippen molar-refractivity contribution in [2.24, 2.45) is 5.92 Å². The Labute approximate surface area is 83.7 Å². The van der Waals surface area contributed by atoms with Gasteiger partial charge in [0.25, 0.3) is 0 Å². The average Bonchev–Trinajstić information content (AvgIpc) is 2.01. The summed E-state index contributed by atoms with van der Waals surface area (Å²) in [5, 5.41) is 11.0. The molecule has 14 heavy (non-hydrogen) atoms. The van der Waals surface area contributed by atoms with Crippen molar-refractivity contribution in [2.75, 3.05) is 0 Å². The number of terminal acetylenes is 1. The van der Waals surface area contributed by atoms with Gasteiger partial charge in [0, 0.05) is 12.8 Å². The minimum absolute atomic E-state index is 0.0131. The highest BCUT2D eigenvalue weighted by Gasteiger charge is 2.18. The van der Waals surface area contributed by atoms with Crippen LogP contribution in [0.3, 0.4) is 0 Å². The maximum Gasteiger partial charge on any atom is 0.327 e. The van der Waals surface area contributed by atoms with Crippen LogP contribution in [0.25, 0.3) is 0 Å². The lowest BCUT2D eigenvalue weighted by molar-refractivity contribution is -0.141. The van der Waals surface area contributed by atoms with Crippen LogP contribution in [0.5, 0.6) is 0 Å². The summed E-state index contributed by atoms with van der Waals surface area (Å²) in [6.45, 7) is 3.77. The smallest absolute Gasteiger partial charge is 0.327 e. The summed E-state index contributed by atoms with van der Waals surface area (Å²) in [7, 11) is 0. The third-order valence-electron chi connectivity index (χ3n) is 1.55. The third-order valence-corrected chi connectivity index (χ3v) is 1.55. The number of carbonyl (C=O) groups excluding carboxylic acids is 1. The van der Waals surface area contributed by atoms with Crippen LogP contribution in [0.15, 0.2) is 0 Å². The van der Waals surface area contributed by atoms with E-state index in [0.717, 1.165) is 0 Å². The zero-order chi connectivity index (χ0) is 11.1. The lowest BCUT2D eigenvalue weighted by atomic mass is 10.1. The van der Waals surface area contributed by atoms with Crippen molar-refractivity contribution in [3.05, 3.63) is 0 Å². The summed E-state index contributed by atoms with van der Waals surface area (Å²) in [6, 6.07) is -0.966. The Morgan fingerprint density at radius 2 is 2.07 bits per heavy atom. The predicted octanol–water partition coefficient (Wildman–Crippen LogP) is 0.625. The van der Waals surface area contributed by atoms with E-state index in [1.807, 2.05) is 13.8 Å². The van der Waals surface area contributed by atoms with Gasteiger partial charge in [0.2, 0.25) is 5.91 Å². The van der Waals surface area contributed by atoms with Gasteiger partial charge >= 0.3 is 5.97 Å². The molecular formula is C10H15NO3. The minimum atomic E-state index is -1.10. The molecule has 0 aliphatic rings. The molecule has 0 rings (SSSR count). The molecule has 0 heterocycles. The van der Waals surface area contributed by atoms with Crippen molar-refractivity contribution >= 4 is 11.9 Å². The van der Waals surface area contributed by atoms with Crippen LogP contribution in [0.2, 0.25) is 0 Å². The topological polar surface area (TPSA) is 66.4 Å². The van der Waals surface area contributed by atoms with Gasteiger partial charge in [-0.1, -0.05) is 13.8 Å². The van der Waals surface area contributed by atoms with E-state index >= 15 is 0 Å². The van der Waals surface area contributed by atoms with E-state index in [9.17, 15) is 9.59 Å². The highest BCUT2D eigenvalue weighted by Crippen LogP contribution is 2.00. The number of aliphatic carboxylic acids is 1. The molecule has 0 radical (unpaired) electrons. The van der Waals surface area contributed by atoms with Gasteiger partial charge in [0.15, 0.2) is 0 Å². The van der Waals surface area contributed by atoms with E-state index in [1.54, 1.807) is 0 Å². The van der Waals surface area contributed by atoms with E-state index in [2.05, 4.69) is 11.2 Å². The fourth-order valence-corrected chi connectivity index (χ4v) is 0.942. The molecule has 4 nitrogen and oxygen atoms in total. The van der Waals surface area contributed by atoms with Gasteiger partial charge < -0.3 is 10.4 Å². The van der Waals surface area contributed by atoms with Crippen molar-refractivity contribution in [3.63, 3.8) is 0 Å². The molecule has 0 unspecified atom stereocenters. The SMILES string of the molecule is C#CC[C@@H](NC(=O)CC(C)C)C(=O)O. The molecular weight excluding hydrogens is 182 g/mol. The molecule has 1 amide bonds. The average molecular weight is 197 g/mol. The van der Waals surface area contributed by atoms with Gasteiger partial charge in [-0.05, 0) is 5.92 Å². The monoisotopic (exact) mass is 197 g/mol. The Hall–Kier alpha value is -1.50. The zero-order valence-electron chi connectivity index (χ0n) is 8.41. The van der Waals surface area contributed by atoms with Gasteiger partial charge in [-0.3, -0.25) is 4.79 Å². The Morgan fingerprint density at radius 3 is 2.43 bits per heavy atom. The maximum absolute atomic E-state index is 11.2. The fourth-order valence-electron chi connectivity index (χ4n) is 0.942. The molecule has 78 valence electrons. The van der Waals surface area contributed by atoms with Crippen LogP contribution in [0.4, 0.5) is 0 Å². The summed E-state index contributed by atoms with van der Waals surface area (Å²) in [4.78, 5) is 21.8. The van der Waals surface area contributed by atoms with Crippen LogP contribution < -0.4 is 5.32 Å². The van der Waals surface area contributed by atoms with Crippen LogP contribution in [0, 0.1) is 18.3 Å². The molecule has 0 saturated carbocycles. The number of amides is 1. The second kappa shape index (κ2) is 6.03. The summed E-state index contributed by atoms with van der Waals surface area (Å²) in [5.41, 5.74) is 0. The van der Waals surface area contributed by atoms with E-state index in [1.165, 1.54) is 0 Å². The molecule has 0 aliphatic heterocycles. The molecule has 0 saturated heterocycles. The normalized spacial score (nSPS) is 11.9. The summed E-state index contributed by atoms with van der Waals surface area (Å²) >= 11 is 0. The Bertz CT molecular complexity index is 253. The quantitative estimate of drug-likeness (QED) is 0.635. The maximum atomic E-state index is 11.2. The number of carbonyl (C=O) groups is 2. The van der Waals surface area contributed by atoms with Gasteiger partial charge in [-0.25, -0.2) is 4.79 Å². The molecule has 0 bridgehead atoms. The van der Waals surface area contributed by atoms with Crippen molar-refractivity contribution in [2.45, 2.75) is 32.7 Å². The second-order valence-corrected chi connectivity index (χ2v) is 3.46. The van der Waals surface area contributed by atoms with Crippen LogP contribution in [-0.2, 0) is 9.59 Å². The van der Waals surface area contributed by atoms with Crippen molar-refractivity contribution < 1.29 is 14.7 Å². The standard InChI is InChI=1S/C10H15NO3/c1-4-5-8(10(13)14)11-9(12)6-7(2)3/h1,7-8H,5-6H2,2-3H3,(H,11,12)(H,13,14)/t8-/m1/s1. The molecule has 4 heteroatoms. The molecule has 0 aromatic heterocycles. The number of nitrogens with one attached hydrogen (secondary N) is 1. The second-order valence-electron chi connectivity index (χ2n) is 3.46. The van der Waals surface area contributed by atoms with Crippen LogP contribution >= 0.6 is 0 Å². The zero-order valence-corrected chi connectivity index (χ0v) is 8.41.